The predicted molar refractivity (Wildman–Crippen MR) is 100 cm³/mol. The second-order valence-electron chi connectivity index (χ2n) is 6.50. The molecule has 0 saturated heterocycles. The second kappa shape index (κ2) is 8.24. The minimum absolute atomic E-state index is 0.00908. The van der Waals surface area contributed by atoms with E-state index < -0.39 is 10.8 Å². The van der Waals surface area contributed by atoms with E-state index in [0.717, 1.165) is 18.4 Å². The SMILES string of the molecule is CCOc1cc(C(=O)N(Cc2ccc(F)cc2)C2CC2)c([N+](=O)[O-])cc1OC. The van der Waals surface area contributed by atoms with Crippen LogP contribution in [-0.4, -0.2) is 35.5 Å². The first-order valence-electron chi connectivity index (χ1n) is 8.99. The molecule has 7 nitrogen and oxygen atoms in total. The van der Waals surface area contributed by atoms with Gasteiger partial charge in [0.25, 0.3) is 11.6 Å². The summed E-state index contributed by atoms with van der Waals surface area (Å²) in [5.41, 5.74) is 0.362. The monoisotopic (exact) mass is 388 g/mol. The molecule has 1 fully saturated rings. The van der Waals surface area contributed by atoms with Gasteiger partial charge in [-0.25, -0.2) is 4.39 Å². The van der Waals surface area contributed by atoms with E-state index in [-0.39, 0.29) is 41.2 Å². The zero-order chi connectivity index (χ0) is 20.3. The number of ether oxygens (including phenoxy) is 2. The van der Waals surface area contributed by atoms with Crippen LogP contribution < -0.4 is 9.47 Å². The third-order valence-corrected chi connectivity index (χ3v) is 4.52. The van der Waals surface area contributed by atoms with Crippen LogP contribution in [0.4, 0.5) is 10.1 Å². The summed E-state index contributed by atoms with van der Waals surface area (Å²) in [6, 6.07) is 8.44. The van der Waals surface area contributed by atoms with Crippen LogP contribution in [0.2, 0.25) is 0 Å². The van der Waals surface area contributed by atoms with Crippen LogP contribution >= 0.6 is 0 Å². The van der Waals surface area contributed by atoms with Gasteiger partial charge in [0.05, 0.1) is 24.7 Å². The Morgan fingerprint density at radius 2 is 1.93 bits per heavy atom. The van der Waals surface area contributed by atoms with Gasteiger partial charge in [0.15, 0.2) is 11.5 Å². The molecule has 8 heteroatoms. The molecule has 0 atom stereocenters. The number of halogens is 1. The standard InChI is InChI=1S/C20H21FN2O5/c1-3-28-19-10-16(17(23(25)26)11-18(19)27-2)20(24)22(15-8-9-15)12-13-4-6-14(21)7-5-13/h4-7,10-11,15H,3,8-9,12H2,1-2H3. The fraction of sp³-hybridized carbons (Fsp3) is 0.350. The number of nitro benzene ring substituents is 1. The molecule has 3 rings (SSSR count). The van der Waals surface area contributed by atoms with Crippen molar-refractivity contribution in [2.24, 2.45) is 0 Å². The average Bonchev–Trinajstić information content (AvgIpc) is 3.52. The molecular weight excluding hydrogens is 367 g/mol. The van der Waals surface area contributed by atoms with E-state index in [1.807, 2.05) is 0 Å². The van der Waals surface area contributed by atoms with Gasteiger partial charge in [-0.15, -0.1) is 0 Å². The molecule has 0 radical (unpaired) electrons. The Bertz CT molecular complexity index is 881. The molecule has 0 spiro atoms. The Labute approximate surface area is 161 Å². The summed E-state index contributed by atoms with van der Waals surface area (Å²) in [5.74, 6) is -0.347. The third kappa shape index (κ3) is 4.21. The highest BCUT2D eigenvalue weighted by atomic mass is 19.1. The normalized spacial score (nSPS) is 13.1. The number of carbonyl (C=O) groups is 1. The number of hydrogen-bond donors (Lipinski definition) is 0. The van der Waals surface area contributed by atoms with E-state index >= 15 is 0 Å². The maximum atomic E-state index is 13.2. The molecule has 148 valence electrons. The molecule has 1 aliphatic rings. The van der Waals surface area contributed by atoms with Crippen molar-refractivity contribution in [3.63, 3.8) is 0 Å². The lowest BCUT2D eigenvalue weighted by Crippen LogP contribution is -2.33. The lowest BCUT2D eigenvalue weighted by Gasteiger charge is -2.23. The van der Waals surface area contributed by atoms with E-state index in [1.165, 1.54) is 31.4 Å². The van der Waals surface area contributed by atoms with E-state index in [4.69, 9.17) is 9.47 Å². The van der Waals surface area contributed by atoms with E-state index in [2.05, 4.69) is 0 Å². The third-order valence-electron chi connectivity index (χ3n) is 4.52. The van der Waals surface area contributed by atoms with Gasteiger partial charge in [0.2, 0.25) is 0 Å². The van der Waals surface area contributed by atoms with Crippen LogP contribution in [0.3, 0.4) is 0 Å². The summed E-state index contributed by atoms with van der Waals surface area (Å²) in [6.07, 6.45) is 1.66. The Morgan fingerprint density at radius 1 is 1.25 bits per heavy atom. The first kappa shape index (κ1) is 19.6. The summed E-state index contributed by atoms with van der Waals surface area (Å²) >= 11 is 0. The zero-order valence-electron chi connectivity index (χ0n) is 15.7. The summed E-state index contributed by atoms with van der Waals surface area (Å²) in [4.78, 5) is 25.8. The molecule has 0 aliphatic heterocycles. The molecule has 1 amide bonds. The van der Waals surface area contributed by atoms with Crippen LogP contribution in [0.15, 0.2) is 36.4 Å². The number of hydrogen-bond acceptors (Lipinski definition) is 5. The summed E-state index contributed by atoms with van der Waals surface area (Å²) in [6.45, 7) is 2.34. The minimum atomic E-state index is -0.603. The highest BCUT2D eigenvalue weighted by Gasteiger charge is 2.36. The second-order valence-corrected chi connectivity index (χ2v) is 6.50. The molecule has 0 bridgehead atoms. The molecular formula is C20H21FN2O5. The number of nitro groups is 1. The van der Waals surface area contributed by atoms with Gasteiger partial charge in [-0.2, -0.15) is 0 Å². The summed E-state index contributed by atoms with van der Waals surface area (Å²) in [7, 11) is 1.38. The number of methoxy groups -OCH3 is 1. The van der Waals surface area contributed by atoms with Gasteiger partial charge in [-0.1, -0.05) is 12.1 Å². The Balaban J connectivity index is 1.98. The fourth-order valence-electron chi connectivity index (χ4n) is 2.99. The molecule has 1 aliphatic carbocycles. The maximum absolute atomic E-state index is 13.2. The predicted octanol–water partition coefficient (Wildman–Crippen LogP) is 3.95. The van der Waals surface area contributed by atoms with Crippen molar-refractivity contribution in [3.8, 4) is 11.5 Å². The van der Waals surface area contributed by atoms with E-state index in [0.29, 0.717) is 6.61 Å². The smallest absolute Gasteiger partial charge is 0.286 e. The molecule has 28 heavy (non-hydrogen) atoms. The van der Waals surface area contributed by atoms with Crippen molar-refractivity contribution < 1.29 is 23.6 Å². The molecule has 1 saturated carbocycles. The van der Waals surface area contributed by atoms with Crippen molar-refractivity contribution in [1.29, 1.82) is 0 Å². The van der Waals surface area contributed by atoms with Crippen molar-refractivity contribution in [1.82, 2.24) is 4.90 Å². The van der Waals surface area contributed by atoms with Crippen molar-refractivity contribution in [2.75, 3.05) is 13.7 Å². The molecule has 0 N–H and O–H groups in total. The maximum Gasteiger partial charge on any atom is 0.286 e. The summed E-state index contributed by atoms with van der Waals surface area (Å²) < 4.78 is 23.8. The molecule has 2 aromatic rings. The van der Waals surface area contributed by atoms with Gasteiger partial charge in [-0.05, 0) is 37.5 Å². The fourth-order valence-corrected chi connectivity index (χ4v) is 2.99. The zero-order valence-corrected chi connectivity index (χ0v) is 15.7. The van der Waals surface area contributed by atoms with Crippen molar-refractivity contribution in [2.45, 2.75) is 32.4 Å². The number of nitrogens with zero attached hydrogens (tertiary/aromatic N) is 2. The van der Waals surface area contributed by atoms with Gasteiger partial charge in [-0.3, -0.25) is 14.9 Å². The Hall–Kier alpha value is -3.16. The van der Waals surface area contributed by atoms with E-state index in [9.17, 15) is 19.3 Å². The first-order chi connectivity index (χ1) is 13.4. The van der Waals surface area contributed by atoms with Crippen molar-refractivity contribution in [3.05, 3.63) is 63.5 Å². The summed E-state index contributed by atoms with van der Waals surface area (Å²) in [5, 5.41) is 11.6. The first-order valence-corrected chi connectivity index (χ1v) is 8.99. The van der Waals surface area contributed by atoms with Gasteiger partial charge >= 0.3 is 0 Å². The molecule has 0 aromatic heterocycles. The van der Waals surface area contributed by atoms with Crippen LogP contribution in [-0.2, 0) is 6.54 Å². The lowest BCUT2D eigenvalue weighted by atomic mass is 10.1. The molecule has 0 heterocycles. The molecule has 2 aromatic carbocycles. The lowest BCUT2D eigenvalue weighted by molar-refractivity contribution is -0.385. The Morgan fingerprint density at radius 3 is 2.46 bits per heavy atom. The number of benzene rings is 2. The van der Waals surface area contributed by atoms with Gasteiger partial charge in [0.1, 0.15) is 11.4 Å². The largest absolute Gasteiger partial charge is 0.493 e. The molecule has 0 unspecified atom stereocenters. The van der Waals surface area contributed by atoms with Gasteiger partial charge < -0.3 is 14.4 Å². The van der Waals surface area contributed by atoms with Gasteiger partial charge in [0, 0.05) is 18.7 Å². The topological polar surface area (TPSA) is 81.9 Å². The number of amides is 1. The average molecular weight is 388 g/mol. The highest BCUT2D eigenvalue weighted by Crippen LogP contribution is 2.37. The van der Waals surface area contributed by atoms with Crippen LogP contribution in [0.1, 0.15) is 35.7 Å². The van der Waals surface area contributed by atoms with Crippen molar-refractivity contribution >= 4 is 11.6 Å². The van der Waals surface area contributed by atoms with Crippen LogP contribution in [0.5, 0.6) is 11.5 Å². The number of rotatable bonds is 8. The quantitative estimate of drug-likeness (QED) is 0.505. The van der Waals surface area contributed by atoms with Crippen LogP contribution in [0.25, 0.3) is 0 Å². The Kier molecular flexibility index (Phi) is 5.77. The highest BCUT2D eigenvalue weighted by molar-refractivity contribution is 5.99. The van der Waals surface area contributed by atoms with Crippen LogP contribution in [0, 0.1) is 15.9 Å². The van der Waals surface area contributed by atoms with E-state index in [1.54, 1.807) is 24.0 Å². The minimum Gasteiger partial charge on any atom is -0.493 e. The number of carbonyl (C=O) groups excluding carboxylic acids is 1.